The summed E-state index contributed by atoms with van der Waals surface area (Å²) in [6, 6.07) is -0.115. The number of hydrogen-bond acceptors (Lipinski definition) is 3. The van der Waals surface area contributed by atoms with Crippen molar-refractivity contribution in [2.45, 2.75) is 51.9 Å². The zero-order chi connectivity index (χ0) is 13.7. The summed E-state index contributed by atoms with van der Waals surface area (Å²) >= 11 is 0. The number of morpholine rings is 1. The Hall–Kier alpha value is -1.30. The molecule has 6 nitrogen and oxygen atoms in total. The minimum Gasteiger partial charge on any atom is -0.481 e. The Bertz CT molecular complexity index is 308. The molecule has 0 aliphatic carbocycles. The summed E-state index contributed by atoms with van der Waals surface area (Å²) in [5, 5.41) is 11.2. The van der Waals surface area contributed by atoms with E-state index in [4.69, 9.17) is 9.84 Å². The number of urea groups is 1. The van der Waals surface area contributed by atoms with Gasteiger partial charge in [0.2, 0.25) is 0 Å². The standard InChI is InChI=1S/C12H22N2O4/c1-8-7-14(9(2)10(3)18-8)12(17)13-6-4-5-11(15)16/h8-10H,4-7H2,1-3H3,(H,13,17)(H,15,16). The molecule has 0 aromatic rings. The predicted octanol–water partition coefficient (Wildman–Crippen LogP) is 1.06. The number of nitrogens with one attached hydrogen (secondary N) is 1. The van der Waals surface area contributed by atoms with Crippen LogP contribution in [0, 0.1) is 0 Å². The zero-order valence-electron chi connectivity index (χ0n) is 11.2. The molecule has 2 amide bonds. The van der Waals surface area contributed by atoms with Gasteiger partial charge in [-0.1, -0.05) is 0 Å². The normalized spacial score (nSPS) is 27.9. The molecule has 104 valence electrons. The van der Waals surface area contributed by atoms with Gasteiger partial charge < -0.3 is 20.1 Å². The van der Waals surface area contributed by atoms with Crippen LogP contribution in [0.25, 0.3) is 0 Å². The van der Waals surface area contributed by atoms with Crippen LogP contribution >= 0.6 is 0 Å². The Morgan fingerprint density at radius 2 is 2.06 bits per heavy atom. The van der Waals surface area contributed by atoms with Gasteiger partial charge in [0, 0.05) is 19.5 Å². The Morgan fingerprint density at radius 1 is 1.39 bits per heavy atom. The van der Waals surface area contributed by atoms with Gasteiger partial charge >= 0.3 is 12.0 Å². The van der Waals surface area contributed by atoms with Crippen molar-refractivity contribution in [1.82, 2.24) is 10.2 Å². The van der Waals surface area contributed by atoms with E-state index in [0.717, 1.165) is 0 Å². The van der Waals surface area contributed by atoms with Crippen molar-refractivity contribution in [1.29, 1.82) is 0 Å². The fourth-order valence-electron chi connectivity index (χ4n) is 2.02. The number of aliphatic carboxylic acids is 1. The molecule has 0 bridgehead atoms. The van der Waals surface area contributed by atoms with Crippen molar-refractivity contribution in [3.63, 3.8) is 0 Å². The molecule has 0 spiro atoms. The second-order valence-electron chi connectivity index (χ2n) is 4.77. The number of carbonyl (C=O) groups excluding carboxylic acids is 1. The predicted molar refractivity (Wildman–Crippen MR) is 66.4 cm³/mol. The lowest BCUT2D eigenvalue weighted by atomic mass is 10.1. The number of carboxylic acid groups (broad SMARTS) is 1. The lowest BCUT2D eigenvalue weighted by molar-refractivity contribution is -0.137. The SMILES string of the molecule is CC1CN(C(=O)NCCCC(=O)O)C(C)C(C)O1. The molecule has 1 fully saturated rings. The summed E-state index contributed by atoms with van der Waals surface area (Å²) in [5.41, 5.74) is 0. The van der Waals surface area contributed by atoms with Crippen LogP contribution in [0.5, 0.6) is 0 Å². The number of rotatable bonds is 4. The molecule has 0 aromatic heterocycles. The van der Waals surface area contributed by atoms with Gasteiger partial charge in [-0.15, -0.1) is 0 Å². The Balaban J connectivity index is 2.37. The molecule has 1 aliphatic rings. The highest BCUT2D eigenvalue weighted by Crippen LogP contribution is 2.17. The van der Waals surface area contributed by atoms with E-state index in [2.05, 4.69) is 5.32 Å². The summed E-state index contributed by atoms with van der Waals surface area (Å²) in [5.74, 6) is -0.841. The lowest BCUT2D eigenvalue weighted by Gasteiger charge is -2.40. The molecular formula is C12H22N2O4. The highest BCUT2D eigenvalue weighted by molar-refractivity contribution is 5.74. The van der Waals surface area contributed by atoms with Crippen molar-refractivity contribution in [3.05, 3.63) is 0 Å². The maximum Gasteiger partial charge on any atom is 0.317 e. The molecule has 0 aromatic carbocycles. The van der Waals surface area contributed by atoms with Gasteiger partial charge in [0.1, 0.15) is 0 Å². The highest BCUT2D eigenvalue weighted by atomic mass is 16.5. The average Bonchev–Trinajstić information content (AvgIpc) is 2.28. The molecule has 1 heterocycles. The van der Waals surface area contributed by atoms with Crippen molar-refractivity contribution in [3.8, 4) is 0 Å². The van der Waals surface area contributed by atoms with Crippen LogP contribution in [0.4, 0.5) is 4.79 Å². The van der Waals surface area contributed by atoms with Gasteiger partial charge in [-0.25, -0.2) is 4.79 Å². The number of carbonyl (C=O) groups is 2. The van der Waals surface area contributed by atoms with Crippen molar-refractivity contribution < 1.29 is 19.4 Å². The number of carboxylic acids is 1. The Kier molecular flexibility index (Phi) is 5.40. The van der Waals surface area contributed by atoms with Crippen LogP contribution in [0.1, 0.15) is 33.6 Å². The van der Waals surface area contributed by atoms with Gasteiger partial charge in [-0.3, -0.25) is 4.79 Å². The molecule has 1 rings (SSSR count). The fourth-order valence-corrected chi connectivity index (χ4v) is 2.02. The van der Waals surface area contributed by atoms with E-state index in [-0.39, 0.29) is 30.7 Å². The van der Waals surface area contributed by atoms with E-state index in [1.54, 1.807) is 4.90 Å². The third kappa shape index (κ3) is 4.18. The molecule has 1 aliphatic heterocycles. The van der Waals surface area contributed by atoms with Crippen LogP contribution in [-0.2, 0) is 9.53 Å². The number of hydrogen-bond donors (Lipinski definition) is 2. The third-order valence-corrected chi connectivity index (χ3v) is 3.18. The molecule has 18 heavy (non-hydrogen) atoms. The largest absolute Gasteiger partial charge is 0.481 e. The van der Waals surface area contributed by atoms with Gasteiger partial charge in [0.25, 0.3) is 0 Å². The molecule has 3 atom stereocenters. The number of nitrogens with zero attached hydrogens (tertiary/aromatic N) is 1. The number of amides is 2. The summed E-state index contributed by atoms with van der Waals surface area (Å²) in [4.78, 5) is 24.0. The summed E-state index contributed by atoms with van der Waals surface area (Å²) in [7, 11) is 0. The minimum absolute atomic E-state index is 0.0125. The maximum atomic E-state index is 12.0. The fraction of sp³-hybridized carbons (Fsp3) is 0.833. The monoisotopic (exact) mass is 258 g/mol. The third-order valence-electron chi connectivity index (χ3n) is 3.18. The van der Waals surface area contributed by atoms with Crippen LogP contribution < -0.4 is 5.32 Å². The van der Waals surface area contributed by atoms with E-state index in [0.29, 0.717) is 19.5 Å². The van der Waals surface area contributed by atoms with Crippen molar-refractivity contribution >= 4 is 12.0 Å². The van der Waals surface area contributed by atoms with Gasteiger partial charge in [0.05, 0.1) is 18.2 Å². The zero-order valence-corrected chi connectivity index (χ0v) is 11.2. The lowest BCUT2D eigenvalue weighted by Crippen LogP contribution is -2.56. The molecule has 6 heteroatoms. The number of ether oxygens (including phenoxy) is 1. The molecule has 2 N–H and O–H groups in total. The first-order valence-corrected chi connectivity index (χ1v) is 6.33. The first kappa shape index (κ1) is 14.8. The van der Waals surface area contributed by atoms with E-state index in [9.17, 15) is 9.59 Å². The van der Waals surface area contributed by atoms with Crippen LogP contribution in [0.3, 0.4) is 0 Å². The van der Waals surface area contributed by atoms with E-state index in [1.807, 2.05) is 20.8 Å². The molecule has 0 saturated carbocycles. The Labute approximate surface area is 107 Å². The first-order chi connectivity index (χ1) is 8.41. The van der Waals surface area contributed by atoms with Gasteiger partial charge in [-0.2, -0.15) is 0 Å². The second-order valence-corrected chi connectivity index (χ2v) is 4.77. The molecular weight excluding hydrogens is 236 g/mol. The Morgan fingerprint density at radius 3 is 2.67 bits per heavy atom. The van der Waals surface area contributed by atoms with Gasteiger partial charge in [-0.05, 0) is 27.2 Å². The van der Waals surface area contributed by atoms with Crippen LogP contribution in [-0.4, -0.2) is 53.3 Å². The topological polar surface area (TPSA) is 78.9 Å². The van der Waals surface area contributed by atoms with E-state index in [1.165, 1.54) is 0 Å². The molecule has 0 radical (unpaired) electrons. The quantitative estimate of drug-likeness (QED) is 0.739. The summed E-state index contributed by atoms with van der Waals surface area (Å²) in [6.45, 7) is 6.79. The minimum atomic E-state index is -0.841. The van der Waals surface area contributed by atoms with E-state index >= 15 is 0 Å². The average molecular weight is 258 g/mol. The smallest absolute Gasteiger partial charge is 0.317 e. The van der Waals surface area contributed by atoms with Gasteiger partial charge in [0.15, 0.2) is 0 Å². The van der Waals surface area contributed by atoms with Crippen LogP contribution in [0.2, 0.25) is 0 Å². The molecule has 3 unspecified atom stereocenters. The van der Waals surface area contributed by atoms with E-state index < -0.39 is 5.97 Å². The van der Waals surface area contributed by atoms with Crippen molar-refractivity contribution in [2.24, 2.45) is 0 Å². The first-order valence-electron chi connectivity index (χ1n) is 6.33. The maximum absolute atomic E-state index is 12.0. The summed E-state index contributed by atoms with van der Waals surface area (Å²) < 4.78 is 5.64. The van der Waals surface area contributed by atoms with Crippen LogP contribution in [0.15, 0.2) is 0 Å². The molecule has 1 saturated heterocycles. The van der Waals surface area contributed by atoms with Crippen molar-refractivity contribution in [2.75, 3.05) is 13.1 Å². The second kappa shape index (κ2) is 6.58. The highest BCUT2D eigenvalue weighted by Gasteiger charge is 2.32. The summed E-state index contributed by atoms with van der Waals surface area (Å²) in [6.07, 6.45) is 0.566.